The molecule has 5 atom stereocenters. The molecule has 3 saturated carbocycles. The molecule has 3 rings (SSSR count). The summed E-state index contributed by atoms with van der Waals surface area (Å²) < 4.78 is 0. The van der Waals surface area contributed by atoms with E-state index in [9.17, 15) is 0 Å². The first-order valence-corrected chi connectivity index (χ1v) is 5.57. The highest BCUT2D eigenvalue weighted by Gasteiger charge is 2.47. The van der Waals surface area contributed by atoms with Gasteiger partial charge in [-0.05, 0) is 68.2 Å². The van der Waals surface area contributed by atoms with Gasteiger partial charge < -0.3 is 5.73 Å². The van der Waals surface area contributed by atoms with Crippen molar-refractivity contribution < 1.29 is 0 Å². The molecule has 1 nitrogen and oxygen atoms in total. The van der Waals surface area contributed by atoms with E-state index in [0.717, 1.165) is 36.1 Å². The first-order chi connectivity index (χ1) is 5.86. The quantitative estimate of drug-likeness (QED) is 0.632. The second-order valence-electron chi connectivity index (χ2n) is 5.33. The van der Waals surface area contributed by atoms with Crippen LogP contribution in [-0.4, -0.2) is 6.54 Å². The van der Waals surface area contributed by atoms with E-state index in [1.807, 2.05) is 0 Å². The zero-order chi connectivity index (χ0) is 8.13. The number of fused-ring (bicyclic) bond motifs is 2. The lowest BCUT2D eigenvalue weighted by Gasteiger charge is -2.39. The van der Waals surface area contributed by atoms with Crippen LogP contribution in [0.2, 0.25) is 0 Å². The van der Waals surface area contributed by atoms with E-state index in [-0.39, 0.29) is 0 Å². The maximum absolute atomic E-state index is 5.84. The smallest absolute Gasteiger partial charge is 0.00460 e. The fourth-order valence-electron chi connectivity index (χ4n) is 4.38. The molecule has 5 unspecified atom stereocenters. The van der Waals surface area contributed by atoms with Crippen molar-refractivity contribution in [3.05, 3.63) is 0 Å². The number of hydrogen-bond donors (Lipinski definition) is 1. The Balaban J connectivity index is 1.88. The lowest BCUT2D eigenvalue weighted by atomic mass is 9.67. The monoisotopic (exact) mass is 165 g/mol. The zero-order valence-electron chi connectivity index (χ0n) is 7.71. The predicted molar refractivity (Wildman–Crippen MR) is 49.6 cm³/mol. The molecule has 0 aromatic rings. The third-order valence-electron chi connectivity index (χ3n) is 4.69. The normalized spacial score (nSPS) is 56.2. The van der Waals surface area contributed by atoms with Crippen LogP contribution < -0.4 is 5.73 Å². The largest absolute Gasteiger partial charge is 0.330 e. The third-order valence-corrected chi connectivity index (χ3v) is 4.69. The Morgan fingerprint density at radius 1 is 0.917 bits per heavy atom. The van der Waals surface area contributed by atoms with Crippen LogP contribution in [0.3, 0.4) is 0 Å². The lowest BCUT2D eigenvalue weighted by Crippen LogP contribution is -2.34. The molecule has 1 heteroatoms. The van der Waals surface area contributed by atoms with Crippen LogP contribution in [0, 0.1) is 29.6 Å². The molecule has 3 aliphatic carbocycles. The van der Waals surface area contributed by atoms with Gasteiger partial charge in [0.05, 0.1) is 0 Å². The summed E-state index contributed by atoms with van der Waals surface area (Å²) in [7, 11) is 0. The number of rotatable bonds is 1. The van der Waals surface area contributed by atoms with E-state index in [1.54, 1.807) is 19.3 Å². The van der Waals surface area contributed by atoms with Gasteiger partial charge in [0.25, 0.3) is 0 Å². The summed E-state index contributed by atoms with van der Waals surface area (Å²) in [6.07, 6.45) is 7.65. The van der Waals surface area contributed by atoms with Crippen molar-refractivity contribution in [3.8, 4) is 0 Å². The van der Waals surface area contributed by atoms with Crippen LogP contribution in [-0.2, 0) is 0 Å². The number of hydrogen-bond acceptors (Lipinski definition) is 1. The van der Waals surface area contributed by atoms with Crippen LogP contribution in [0.15, 0.2) is 0 Å². The minimum absolute atomic E-state index is 0.904. The molecule has 0 amide bonds. The van der Waals surface area contributed by atoms with Crippen molar-refractivity contribution in [2.75, 3.05) is 6.54 Å². The van der Waals surface area contributed by atoms with Crippen molar-refractivity contribution in [1.82, 2.24) is 0 Å². The Kier molecular flexibility index (Phi) is 1.52. The molecule has 0 spiro atoms. The Morgan fingerprint density at radius 3 is 2.42 bits per heavy atom. The fraction of sp³-hybridized carbons (Fsp3) is 1.00. The summed E-state index contributed by atoms with van der Waals surface area (Å²) in [5.41, 5.74) is 5.84. The molecule has 0 heterocycles. The standard InChI is InChI=1S/C11H19N/c12-6-10-4-7-1-8-3-9(2-7)11(10)5-8/h7-11H,1-6,12H2. The van der Waals surface area contributed by atoms with Crippen molar-refractivity contribution >= 4 is 0 Å². The summed E-state index contributed by atoms with van der Waals surface area (Å²) in [5, 5.41) is 0. The average molecular weight is 165 g/mol. The van der Waals surface area contributed by atoms with Crippen molar-refractivity contribution in [1.29, 1.82) is 0 Å². The molecule has 0 radical (unpaired) electrons. The maximum Gasteiger partial charge on any atom is -0.00460 e. The minimum atomic E-state index is 0.904. The van der Waals surface area contributed by atoms with Crippen molar-refractivity contribution in [2.24, 2.45) is 35.3 Å². The van der Waals surface area contributed by atoms with Gasteiger partial charge >= 0.3 is 0 Å². The van der Waals surface area contributed by atoms with Gasteiger partial charge in [-0.1, -0.05) is 0 Å². The van der Waals surface area contributed by atoms with Crippen LogP contribution in [0.1, 0.15) is 32.1 Å². The molecular formula is C11H19N. The molecule has 2 N–H and O–H groups in total. The molecule has 0 aromatic carbocycles. The molecule has 12 heavy (non-hydrogen) atoms. The number of nitrogens with two attached hydrogens (primary N) is 1. The van der Waals surface area contributed by atoms with E-state index in [2.05, 4.69) is 0 Å². The molecule has 3 bridgehead atoms. The molecule has 0 aromatic heterocycles. The van der Waals surface area contributed by atoms with Crippen molar-refractivity contribution in [2.45, 2.75) is 32.1 Å². The molecule has 0 saturated heterocycles. The van der Waals surface area contributed by atoms with Crippen molar-refractivity contribution in [3.63, 3.8) is 0 Å². The highest BCUT2D eigenvalue weighted by Crippen LogP contribution is 2.56. The first kappa shape index (κ1) is 7.37. The van der Waals surface area contributed by atoms with Gasteiger partial charge in [-0.3, -0.25) is 0 Å². The van der Waals surface area contributed by atoms with E-state index in [4.69, 9.17) is 5.73 Å². The predicted octanol–water partition coefficient (Wildman–Crippen LogP) is 2.02. The topological polar surface area (TPSA) is 26.0 Å². The van der Waals surface area contributed by atoms with Gasteiger partial charge in [0.15, 0.2) is 0 Å². The second kappa shape index (κ2) is 2.47. The fourth-order valence-corrected chi connectivity index (χ4v) is 4.38. The van der Waals surface area contributed by atoms with E-state index in [0.29, 0.717) is 0 Å². The summed E-state index contributed by atoms with van der Waals surface area (Å²) in [6, 6.07) is 0. The highest BCUT2D eigenvalue weighted by molar-refractivity contribution is 4.98. The third kappa shape index (κ3) is 0.891. The summed E-state index contributed by atoms with van der Waals surface area (Å²) >= 11 is 0. The van der Waals surface area contributed by atoms with Crippen LogP contribution in [0.25, 0.3) is 0 Å². The Hall–Kier alpha value is -0.0400. The highest BCUT2D eigenvalue weighted by atomic mass is 14.6. The van der Waals surface area contributed by atoms with Crippen LogP contribution >= 0.6 is 0 Å². The second-order valence-corrected chi connectivity index (χ2v) is 5.33. The minimum Gasteiger partial charge on any atom is -0.330 e. The van der Waals surface area contributed by atoms with Gasteiger partial charge in [0, 0.05) is 0 Å². The Labute approximate surface area is 74.7 Å². The zero-order valence-corrected chi connectivity index (χ0v) is 7.71. The van der Waals surface area contributed by atoms with Gasteiger partial charge in [0.1, 0.15) is 0 Å². The average Bonchev–Trinajstić information content (AvgIpc) is 2.29. The van der Waals surface area contributed by atoms with Crippen LogP contribution in [0.4, 0.5) is 0 Å². The van der Waals surface area contributed by atoms with E-state index >= 15 is 0 Å². The lowest BCUT2D eigenvalue weighted by molar-refractivity contribution is 0.121. The van der Waals surface area contributed by atoms with E-state index in [1.165, 1.54) is 12.8 Å². The SMILES string of the molecule is NCC1CC2CC3CC(C2)C1C3. The van der Waals surface area contributed by atoms with Crippen LogP contribution in [0.5, 0.6) is 0 Å². The first-order valence-electron chi connectivity index (χ1n) is 5.57. The van der Waals surface area contributed by atoms with Gasteiger partial charge in [-0.25, -0.2) is 0 Å². The van der Waals surface area contributed by atoms with E-state index < -0.39 is 0 Å². The summed E-state index contributed by atoms with van der Waals surface area (Å²) in [5.74, 6) is 5.22. The Morgan fingerprint density at radius 2 is 1.67 bits per heavy atom. The molecule has 68 valence electrons. The van der Waals surface area contributed by atoms with Gasteiger partial charge in [-0.15, -0.1) is 0 Å². The molecule has 0 aliphatic heterocycles. The maximum atomic E-state index is 5.84. The molecule has 3 fully saturated rings. The van der Waals surface area contributed by atoms with Gasteiger partial charge in [0.2, 0.25) is 0 Å². The Bertz CT molecular complexity index is 187. The summed E-state index contributed by atoms with van der Waals surface area (Å²) in [4.78, 5) is 0. The molecule has 3 aliphatic rings. The molecular weight excluding hydrogens is 146 g/mol. The summed E-state index contributed by atoms with van der Waals surface area (Å²) in [6.45, 7) is 0.963. The van der Waals surface area contributed by atoms with Gasteiger partial charge in [-0.2, -0.15) is 0 Å².